The number of fused-ring (bicyclic) bond motifs is 5. The molecule has 0 radical (unpaired) electrons. The van der Waals surface area contributed by atoms with Crippen molar-refractivity contribution in [2.75, 3.05) is 0 Å². The Hall–Kier alpha value is -3.03. The van der Waals surface area contributed by atoms with E-state index in [2.05, 4.69) is 6.07 Å². The van der Waals surface area contributed by atoms with Gasteiger partial charge < -0.3 is 9.30 Å². The molecule has 2 aliphatic heterocycles. The van der Waals surface area contributed by atoms with E-state index in [-0.39, 0.29) is 18.6 Å². The molecule has 0 amide bonds. The highest BCUT2D eigenvalue weighted by Crippen LogP contribution is 2.39. The second-order valence-corrected chi connectivity index (χ2v) is 6.88. The van der Waals surface area contributed by atoms with Crippen LogP contribution in [0.3, 0.4) is 0 Å². The standard InChI is InChI=1S/C20H17N3O4/c1-2-20(27-21)14-8-16-17-12(7-11-5-3-4-6-15(11)22-17)9-23(16)18(24)13(14)10-26-19(20)25/h3-8H,2,9-10,21H2,1H3/t20-/m1/s1. The molecule has 2 N–H and O–H groups in total. The fourth-order valence-electron chi connectivity index (χ4n) is 4.11. The molecule has 0 saturated carbocycles. The van der Waals surface area contributed by atoms with Gasteiger partial charge in [-0.25, -0.2) is 15.7 Å². The van der Waals surface area contributed by atoms with Crippen LogP contribution < -0.4 is 11.5 Å². The third kappa shape index (κ3) is 2.01. The van der Waals surface area contributed by atoms with Gasteiger partial charge in [-0.15, -0.1) is 0 Å². The maximum atomic E-state index is 13.1. The molecule has 2 aromatic heterocycles. The molecular weight excluding hydrogens is 346 g/mol. The number of nitrogens with zero attached hydrogens (tertiary/aromatic N) is 2. The maximum Gasteiger partial charge on any atom is 0.345 e. The van der Waals surface area contributed by atoms with Crippen LogP contribution in [0.2, 0.25) is 0 Å². The summed E-state index contributed by atoms with van der Waals surface area (Å²) in [6.45, 7) is 2.13. The minimum absolute atomic E-state index is 0.0792. The first-order chi connectivity index (χ1) is 13.1. The molecule has 7 heteroatoms. The highest BCUT2D eigenvalue weighted by Gasteiger charge is 2.48. The molecule has 0 aliphatic carbocycles. The normalized spacial score (nSPS) is 20.1. The summed E-state index contributed by atoms with van der Waals surface area (Å²) < 4.78 is 6.88. The number of cyclic esters (lactones) is 1. The number of carbonyl (C=O) groups excluding carboxylic acids is 1. The summed E-state index contributed by atoms with van der Waals surface area (Å²) in [6, 6.07) is 11.7. The third-order valence-corrected chi connectivity index (χ3v) is 5.59. The lowest BCUT2D eigenvalue weighted by molar-refractivity contribution is -0.182. The van der Waals surface area contributed by atoms with Crippen molar-refractivity contribution in [2.24, 2.45) is 5.90 Å². The van der Waals surface area contributed by atoms with E-state index in [1.165, 1.54) is 0 Å². The lowest BCUT2D eigenvalue weighted by atomic mass is 9.86. The quantitative estimate of drug-likeness (QED) is 0.432. The van der Waals surface area contributed by atoms with Crippen molar-refractivity contribution in [2.45, 2.75) is 32.1 Å². The number of hydrogen-bond donors (Lipinski definition) is 1. The molecule has 7 nitrogen and oxygen atoms in total. The molecule has 0 unspecified atom stereocenters. The van der Waals surface area contributed by atoms with Crippen LogP contribution in [-0.4, -0.2) is 15.5 Å². The summed E-state index contributed by atoms with van der Waals surface area (Å²) >= 11 is 0. The van der Waals surface area contributed by atoms with E-state index < -0.39 is 11.6 Å². The monoisotopic (exact) mass is 363 g/mol. The molecule has 0 saturated heterocycles. The molecule has 27 heavy (non-hydrogen) atoms. The van der Waals surface area contributed by atoms with Gasteiger partial charge in [0, 0.05) is 16.5 Å². The fraction of sp³-hybridized carbons (Fsp3) is 0.250. The zero-order valence-corrected chi connectivity index (χ0v) is 14.7. The Balaban J connectivity index is 1.81. The molecular formula is C20H17N3O4. The van der Waals surface area contributed by atoms with Gasteiger partial charge >= 0.3 is 5.97 Å². The molecule has 0 spiro atoms. The van der Waals surface area contributed by atoms with Crippen LogP contribution in [0, 0.1) is 0 Å². The SMILES string of the molecule is CC[C@]1(ON)C(=O)OCc2c1cc1n(c2=O)Cc2cc3ccccc3nc2-1. The van der Waals surface area contributed by atoms with Gasteiger partial charge in [0.1, 0.15) is 6.61 Å². The van der Waals surface area contributed by atoms with E-state index in [1.54, 1.807) is 17.6 Å². The Labute approximate surface area is 154 Å². The first-order valence-electron chi connectivity index (χ1n) is 8.80. The van der Waals surface area contributed by atoms with Crippen LogP contribution in [0.15, 0.2) is 41.2 Å². The van der Waals surface area contributed by atoms with E-state index in [0.717, 1.165) is 22.2 Å². The van der Waals surface area contributed by atoms with Crippen LogP contribution in [-0.2, 0) is 33.1 Å². The highest BCUT2D eigenvalue weighted by atomic mass is 16.7. The predicted molar refractivity (Wildman–Crippen MR) is 97.6 cm³/mol. The first kappa shape index (κ1) is 16.2. The molecule has 5 rings (SSSR count). The van der Waals surface area contributed by atoms with Crippen molar-refractivity contribution in [3.63, 3.8) is 0 Å². The number of esters is 1. The average Bonchev–Trinajstić information content (AvgIpc) is 3.05. The molecule has 0 fully saturated rings. The Morgan fingerprint density at radius 1 is 1.30 bits per heavy atom. The number of aromatic nitrogens is 2. The molecule has 4 heterocycles. The zero-order valence-electron chi connectivity index (χ0n) is 14.7. The van der Waals surface area contributed by atoms with Gasteiger partial charge in [0.25, 0.3) is 5.56 Å². The topological polar surface area (TPSA) is 96.4 Å². The summed E-state index contributed by atoms with van der Waals surface area (Å²) in [5.74, 6) is 4.92. The molecule has 1 atom stereocenters. The van der Waals surface area contributed by atoms with Crippen molar-refractivity contribution >= 4 is 16.9 Å². The highest BCUT2D eigenvalue weighted by molar-refractivity contribution is 5.86. The second-order valence-electron chi connectivity index (χ2n) is 6.88. The third-order valence-electron chi connectivity index (χ3n) is 5.59. The molecule has 3 aromatic rings. The molecule has 0 bridgehead atoms. The van der Waals surface area contributed by atoms with Crippen molar-refractivity contribution in [3.8, 4) is 11.4 Å². The van der Waals surface area contributed by atoms with Crippen LogP contribution in [0.25, 0.3) is 22.3 Å². The maximum absolute atomic E-state index is 13.1. The second kappa shape index (κ2) is 5.48. The average molecular weight is 363 g/mol. The van der Waals surface area contributed by atoms with Gasteiger partial charge in [-0.2, -0.15) is 0 Å². The van der Waals surface area contributed by atoms with Gasteiger partial charge in [0.15, 0.2) is 0 Å². The Morgan fingerprint density at radius 2 is 2.11 bits per heavy atom. The van der Waals surface area contributed by atoms with Crippen LogP contribution >= 0.6 is 0 Å². The van der Waals surface area contributed by atoms with Gasteiger partial charge in [-0.3, -0.25) is 9.63 Å². The van der Waals surface area contributed by atoms with E-state index in [4.69, 9.17) is 20.5 Å². The van der Waals surface area contributed by atoms with Gasteiger partial charge in [-0.1, -0.05) is 25.1 Å². The summed E-state index contributed by atoms with van der Waals surface area (Å²) in [6.07, 6.45) is 0.260. The number of hydrogen-bond acceptors (Lipinski definition) is 6. The van der Waals surface area contributed by atoms with Crippen LogP contribution in [0.1, 0.15) is 30.0 Å². The van der Waals surface area contributed by atoms with Crippen molar-refractivity contribution in [1.29, 1.82) is 0 Å². The van der Waals surface area contributed by atoms with Crippen molar-refractivity contribution in [1.82, 2.24) is 9.55 Å². The predicted octanol–water partition coefficient (Wildman–Crippen LogP) is 1.98. The summed E-state index contributed by atoms with van der Waals surface area (Å²) in [4.78, 5) is 35.4. The number of benzene rings is 1. The first-order valence-corrected chi connectivity index (χ1v) is 8.80. The number of ether oxygens (including phenoxy) is 1. The Morgan fingerprint density at radius 3 is 2.89 bits per heavy atom. The smallest absolute Gasteiger partial charge is 0.345 e. The Bertz CT molecular complexity index is 1180. The number of carbonyl (C=O) groups is 1. The summed E-state index contributed by atoms with van der Waals surface area (Å²) in [5.41, 5.74) is 2.45. The molecule has 1 aromatic carbocycles. The van der Waals surface area contributed by atoms with Gasteiger partial charge in [0.05, 0.1) is 29.0 Å². The number of rotatable bonds is 2. The lowest BCUT2D eigenvalue weighted by Crippen LogP contribution is -2.47. The van der Waals surface area contributed by atoms with Gasteiger partial charge in [-0.05, 0) is 24.6 Å². The molecule has 2 aliphatic rings. The van der Waals surface area contributed by atoms with Crippen LogP contribution in [0.5, 0.6) is 0 Å². The largest absolute Gasteiger partial charge is 0.458 e. The van der Waals surface area contributed by atoms with E-state index in [9.17, 15) is 9.59 Å². The van der Waals surface area contributed by atoms with Gasteiger partial charge in [0.2, 0.25) is 5.60 Å². The Kier molecular flexibility index (Phi) is 3.28. The van der Waals surface area contributed by atoms with Crippen LogP contribution in [0.4, 0.5) is 0 Å². The molecule has 136 valence electrons. The van der Waals surface area contributed by atoms with E-state index >= 15 is 0 Å². The zero-order chi connectivity index (χ0) is 18.8. The number of para-hydroxylation sites is 1. The summed E-state index contributed by atoms with van der Waals surface area (Å²) in [7, 11) is 0. The minimum atomic E-state index is -1.47. The minimum Gasteiger partial charge on any atom is -0.458 e. The lowest BCUT2D eigenvalue weighted by Gasteiger charge is -2.34. The number of pyridine rings is 2. The van der Waals surface area contributed by atoms with Crippen molar-refractivity contribution in [3.05, 3.63) is 63.4 Å². The van der Waals surface area contributed by atoms with E-state index in [0.29, 0.717) is 23.4 Å². The summed E-state index contributed by atoms with van der Waals surface area (Å²) in [5, 5.41) is 1.02. The van der Waals surface area contributed by atoms with E-state index in [1.807, 2.05) is 24.3 Å². The van der Waals surface area contributed by atoms with Crippen molar-refractivity contribution < 1.29 is 14.4 Å². The fourth-order valence-corrected chi connectivity index (χ4v) is 4.11. The number of nitrogens with two attached hydrogens (primary N) is 1.